The van der Waals surface area contributed by atoms with E-state index in [0.717, 1.165) is 25.9 Å². The summed E-state index contributed by atoms with van der Waals surface area (Å²) in [5, 5.41) is 14.4. The highest BCUT2D eigenvalue weighted by Crippen LogP contribution is 2.33. The van der Waals surface area contributed by atoms with Crippen LogP contribution < -0.4 is 5.73 Å². The molecule has 0 spiro atoms. The van der Waals surface area contributed by atoms with E-state index in [9.17, 15) is 5.11 Å². The molecule has 0 saturated carbocycles. The number of nitrogens with zero attached hydrogens (tertiary/aromatic N) is 2. The molecule has 0 aromatic carbocycles. The molecule has 1 aromatic rings. The van der Waals surface area contributed by atoms with Crippen molar-refractivity contribution in [1.82, 2.24) is 9.80 Å². The molecule has 2 heterocycles. The second kappa shape index (κ2) is 7.00. The van der Waals surface area contributed by atoms with Gasteiger partial charge in [0, 0.05) is 25.2 Å². The third-order valence-electron chi connectivity index (χ3n) is 4.13. The number of aliphatic hydroxyl groups excluding tert-OH is 1. The SMILES string of the molecule is CCC(N)C(c1ccsc1)N1CC(O)CC1CN(C)C. The van der Waals surface area contributed by atoms with Crippen LogP contribution in [0.3, 0.4) is 0 Å². The molecule has 1 aromatic heterocycles. The molecule has 0 amide bonds. The van der Waals surface area contributed by atoms with E-state index in [1.807, 2.05) is 0 Å². The second-order valence-electron chi connectivity index (χ2n) is 6.08. The highest BCUT2D eigenvalue weighted by molar-refractivity contribution is 7.07. The summed E-state index contributed by atoms with van der Waals surface area (Å²) in [5.74, 6) is 0. The Kier molecular flexibility index (Phi) is 5.57. The predicted octanol–water partition coefficient (Wildman–Crippen LogP) is 1.52. The van der Waals surface area contributed by atoms with Crippen molar-refractivity contribution < 1.29 is 5.11 Å². The average molecular weight is 297 g/mol. The molecule has 20 heavy (non-hydrogen) atoms. The molecule has 4 unspecified atom stereocenters. The average Bonchev–Trinajstić information content (AvgIpc) is 3.00. The fourth-order valence-corrected chi connectivity index (χ4v) is 3.90. The van der Waals surface area contributed by atoms with Crippen LogP contribution in [-0.2, 0) is 0 Å². The Morgan fingerprint density at radius 1 is 1.55 bits per heavy atom. The molecule has 0 radical (unpaired) electrons. The van der Waals surface area contributed by atoms with Gasteiger partial charge in [-0.15, -0.1) is 0 Å². The normalized spacial score (nSPS) is 27.1. The number of likely N-dealkylation sites (N-methyl/N-ethyl adjacent to an activating group) is 1. The van der Waals surface area contributed by atoms with Crippen molar-refractivity contribution in [3.8, 4) is 0 Å². The highest BCUT2D eigenvalue weighted by atomic mass is 32.1. The third kappa shape index (κ3) is 3.59. The molecule has 1 aliphatic heterocycles. The first-order valence-electron chi connectivity index (χ1n) is 7.39. The van der Waals surface area contributed by atoms with E-state index in [2.05, 4.69) is 47.6 Å². The van der Waals surface area contributed by atoms with Crippen LogP contribution in [0.15, 0.2) is 16.8 Å². The van der Waals surface area contributed by atoms with Gasteiger partial charge in [-0.2, -0.15) is 11.3 Å². The van der Waals surface area contributed by atoms with Crippen molar-refractivity contribution in [2.75, 3.05) is 27.2 Å². The second-order valence-corrected chi connectivity index (χ2v) is 6.86. The van der Waals surface area contributed by atoms with Gasteiger partial charge >= 0.3 is 0 Å². The van der Waals surface area contributed by atoms with Crippen molar-refractivity contribution in [3.05, 3.63) is 22.4 Å². The molecular formula is C15H27N3OS. The van der Waals surface area contributed by atoms with Crippen LogP contribution >= 0.6 is 11.3 Å². The lowest BCUT2D eigenvalue weighted by atomic mass is 9.98. The largest absolute Gasteiger partial charge is 0.392 e. The molecule has 4 nitrogen and oxygen atoms in total. The summed E-state index contributed by atoms with van der Waals surface area (Å²) < 4.78 is 0. The number of thiophene rings is 1. The number of aliphatic hydroxyl groups is 1. The van der Waals surface area contributed by atoms with Gasteiger partial charge in [0.05, 0.1) is 12.1 Å². The zero-order valence-corrected chi connectivity index (χ0v) is 13.5. The van der Waals surface area contributed by atoms with Gasteiger partial charge in [0.15, 0.2) is 0 Å². The van der Waals surface area contributed by atoms with E-state index >= 15 is 0 Å². The maximum atomic E-state index is 10.1. The predicted molar refractivity (Wildman–Crippen MR) is 85.0 cm³/mol. The van der Waals surface area contributed by atoms with E-state index in [-0.39, 0.29) is 18.2 Å². The van der Waals surface area contributed by atoms with Crippen molar-refractivity contribution in [2.24, 2.45) is 5.73 Å². The van der Waals surface area contributed by atoms with Crippen LogP contribution in [0, 0.1) is 0 Å². The Labute approximate surface area is 126 Å². The molecule has 1 saturated heterocycles. The standard InChI is InChI=1S/C15H27N3OS/c1-4-14(16)15(11-5-6-20-10-11)18-9-13(19)7-12(18)8-17(2)3/h5-6,10,12-15,19H,4,7-9,16H2,1-3H3. The Morgan fingerprint density at radius 2 is 2.30 bits per heavy atom. The zero-order chi connectivity index (χ0) is 14.7. The van der Waals surface area contributed by atoms with Crippen LogP contribution in [0.25, 0.3) is 0 Å². The molecule has 0 aliphatic carbocycles. The monoisotopic (exact) mass is 297 g/mol. The summed E-state index contributed by atoms with van der Waals surface area (Å²) >= 11 is 1.72. The first-order chi connectivity index (χ1) is 9.52. The van der Waals surface area contributed by atoms with Gasteiger partial charge in [0.25, 0.3) is 0 Å². The number of β-amino-alcohol motifs (C(OH)–C–C–N with tert-alkyl or cyclic N) is 1. The molecule has 1 aliphatic rings. The summed E-state index contributed by atoms with van der Waals surface area (Å²) in [4.78, 5) is 4.61. The molecule has 5 heteroatoms. The first-order valence-corrected chi connectivity index (χ1v) is 8.33. The highest BCUT2D eigenvalue weighted by Gasteiger charge is 2.38. The van der Waals surface area contributed by atoms with Crippen molar-refractivity contribution in [3.63, 3.8) is 0 Å². The Balaban J connectivity index is 2.22. The summed E-state index contributed by atoms with van der Waals surface area (Å²) in [5.41, 5.74) is 7.69. The maximum absolute atomic E-state index is 10.1. The minimum Gasteiger partial charge on any atom is -0.392 e. The minimum atomic E-state index is -0.231. The third-order valence-corrected chi connectivity index (χ3v) is 4.83. The van der Waals surface area contributed by atoms with E-state index in [1.54, 1.807) is 11.3 Å². The van der Waals surface area contributed by atoms with Crippen LogP contribution in [-0.4, -0.2) is 60.3 Å². The summed E-state index contributed by atoms with van der Waals surface area (Å²) in [7, 11) is 4.17. The first kappa shape index (κ1) is 15.9. The fraction of sp³-hybridized carbons (Fsp3) is 0.733. The molecular weight excluding hydrogens is 270 g/mol. The van der Waals surface area contributed by atoms with Gasteiger partial charge in [0.2, 0.25) is 0 Å². The lowest BCUT2D eigenvalue weighted by Gasteiger charge is -2.37. The fourth-order valence-electron chi connectivity index (χ4n) is 3.21. The molecule has 4 atom stereocenters. The Hall–Kier alpha value is -0.460. The van der Waals surface area contributed by atoms with E-state index in [0.29, 0.717) is 6.04 Å². The van der Waals surface area contributed by atoms with Gasteiger partial charge < -0.3 is 15.7 Å². The van der Waals surface area contributed by atoms with Crippen molar-refractivity contribution >= 4 is 11.3 Å². The zero-order valence-electron chi connectivity index (χ0n) is 12.7. The number of hydrogen-bond donors (Lipinski definition) is 2. The van der Waals surface area contributed by atoms with Crippen LogP contribution in [0.2, 0.25) is 0 Å². The number of hydrogen-bond acceptors (Lipinski definition) is 5. The molecule has 0 bridgehead atoms. The van der Waals surface area contributed by atoms with Gasteiger partial charge in [0.1, 0.15) is 0 Å². The number of nitrogens with two attached hydrogens (primary N) is 1. The van der Waals surface area contributed by atoms with Gasteiger partial charge in [-0.05, 0) is 49.3 Å². The quantitative estimate of drug-likeness (QED) is 0.836. The van der Waals surface area contributed by atoms with Crippen molar-refractivity contribution in [1.29, 1.82) is 0 Å². The molecule has 2 rings (SSSR count). The van der Waals surface area contributed by atoms with Gasteiger partial charge in [-0.3, -0.25) is 4.90 Å². The van der Waals surface area contributed by atoms with Gasteiger partial charge in [-0.25, -0.2) is 0 Å². The minimum absolute atomic E-state index is 0.111. The van der Waals surface area contributed by atoms with Crippen molar-refractivity contribution in [2.45, 2.75) is 44.0 Å². The topological polar surface area (TPSA) is 52.7 Å². The number of rotatable bonds is 6. The van der Waals surface area contributed by atoms with E-state index in [1.165, 1.54) is 5.56 Å². The van der Waals surface area contributed by atoms with Crippen LogP contribution in [0.1, 0.15) is 31.4 Å². The molecule has 1 fully saturated rings. The lowest BCUT2D eigenvalue weighted by Crippen LogP contribution is -2.46. The van der Waals surface area contributed by atoms with E-state index < -0.39 is 0 Å². The summed E-state index contributed by atoms with van der Waals surface area (Å²) in [6, 6.07) is 2.87. The Bertz CT molecular complexity index is 396. The van der Waals surface area contributed by atoms with Gasteiger partial charge in [-0.1, -0.05) is 6.92 Å². The lowest BCUT2D eigenvalue weighted by molar-refractivity contribution is 0.119. The Morgan fingerprint density at radius 3 is 2.85 bits per heavy atom. The summed E-state index contributed by atoms with van der Waals surface area (Å²) in [6.07, 6.45) is 1.56. The van der Waals surface area contributed by atoms with E-state index in [4.69, 9.17) is 5.73 Å². The number of likely N-dealkylation sites (tertiary alicyclic amines) is 1. The molecule has 3 N–H and O–H groups in total. The maximum Gasteiger partial charge on any atom is 0.0682 e. The summed E-state index contributed by atoms with van der Waals surface area (Å²) in [6.45, 7) is 3.83. The van der Waals surface area contributed by atoms with Crippen LogP contribution in [0.5, 0.6) is 0 Å². The smallest absolute Gasteiger partial charge is 0.0682 e. The van der Waals surface area contributed by atoms with Crippen LogP contribution in [0.4, 0.5) is 0 Å². The molecule has 114 valence electrons.